The van der Waals surface area contributed by atoms with Crippen LogP contribution in [0.25, 0.3) is 11.4 Å². The van der Waals surface area contributed by atoms with Crippen LogP contribution in [-0.2, 0) is 12.1 Å². The van der Waals surface area contributed by atoms with Gasteiger partial charge in [-0.3, -0.25) is 4.98 Å². The summed E-state index contributed by atoms with van der Waals surface area (Å²) in [5.74, 6) is 2.05. The molecule has 1 unspecified atom stereocenters. The molecule has 0 amide bonds. The van der Waals surface area contributed by atoms with Crippen LogP contribution < -0.4 is 10.1 Å². The van der Waals surface area contributed by atoms with E-state index in [-0.39, 0.29) is 5.54 Å². The lowest BCUT2D eigenvalue weighted by molar-refractivity contribution is 0.207. The zero-order valence-electron chi connectivity index (χ0n) is 14.8. The summed E-state index contributed by atoms with van der Waals surface area (Å²) in [6.45, 7) is 3.60. The van der Waals surface area contributed by atoms with Crippen molar-refractivity contribution < 1.29 is 9.26 Å². The van der Waals surface area contributed by atoms with Gasteiger partial charge in [-0.25, -0.2) is 0 Å². The van der Waals surface area contributed by atoms with Crippen molar-refractivity contribution in [2.24, 2.45) is 0 Å². The Hall–Kier alpha value is -2.73. The topological polar surface area (TPSA) is 73.1 Å². The van der Waals surface area contributed by atoms with Gasteiger partial charge in [-0.1, -0.05) is 11.2 Å². The van der Waals surface area contributed by atoms with Crippen molar-refractivity contribution >= 4 is 0 Å². The molecule has 1 atom stereocenters. The fourth-order valence-electron chi connectivity index (χ4n) is 3.15. The van der Waals surface area contributed by atoms with E-state index in [1.54, 1.807) is 12.4 Å². The molecule has 6 nitrogen and oxygen atoms in total. The second kappa shape index (κ2) is 7.25. The molecule has 1 aliphatic heterocycles. The number of piperidine rings is 1. The standard InChI is InChI=1S/C20H22N4O2/c1-20(10-2-3-12-22-20)19-23-18(24-26-19)16-6-8-17(9-7-16)25-14-15-5-4-11-21-13-15/h4-9,11,13,22H,2-3,10,12,14H2,1H3. The summed E-state index contributed by atoms with van der Waals surface area (Å²) in [4.78, 5) is 8.69. The highest BCUT2D eigenvalue weighted by Crippen LogP contribution is 2.30. The number of rotatable bonds is 5. The summed E-state index contributed by atoms with van der Waals surface area (Å²) >= 11 is 0. The van der Waals surface area contributed by atoms with Gasteiger partial charge in [-0.2, -0.15) is 4.98 Å². The molecule has 0 saturated carbocycles. The van der Waals surface area contributed by atoms with Gasteiger partial charge in [0, 0.05) is 23.5 Å². The summed E-state index contributed by atoms with van der Waals surface area (Å²) in [5.41, 5.74) is 1.72. The predicted octanol–water partition coefficient (Wildman–Crippen LogP) is 3.70. The van der Waals surface area contributed by atoms with Gasteiger partial charge in [0.25, 0.3) is 0 Å². The van der Waals surface area contributed by atoms with Crippen LogP contribution in [0.5, 0.6) is 5.75 Å². The maximum absolute atomic E-state index is 5.79. The van der Waals surface area contributed by atoms with Crippen molar-refractivity contribution in [3.63, 3.8) is 0 Å². The van der Waals surface area contributed by atoms with Crippen LogP contribution in [0.4, 0.5) is 0 Å². The number of hydrogen-bond acceptors (Lipinski definition) is 6. The molecular formula is C20H22N4O2. The van der Waals surface area contributed by atoms with E-state index in [1.165, 1.54) is 12.8 Å². The fourth-order valence-corrected chi connectivity index (χ4v) is 3.15. The molecule has 134 valence electrons. The average molecular weight is 350 g/mol. The zero-order valence-corrected chi connectivity index (χ0v) is 14.8. The normalized spacial score (nSPS) is 20.0. The van der Waals surface area contributed by atoms with Crippen LogP contribution in [0.3, 0.4) is 0 Å². The van der Waals surface area contributed by atoms with Crippen LogP contribution >= 0.6 is 0 Å². The van der Waals surface area contributed by atoms with E-state index in [0.29, 0.717) is 18.3 Å². The first-order chi connectivity index (χ1) is 12.7. The molecule has 0 spiro atoms. The minimum Gasteiger partial charge on any atom is -0.489 e. The smallest absolute Gasteiger partial charge is 0.246 e. The van der Waals surface area contributed by atoms with E-state index in [0.717, 1.165) is 29.8 Å². The Balaban J connectivity index is 1.44. The van der Waals surface area contributed by atoms with Crippen molar-refractivity contribution in [1.82, 2.24) is 20.4 Å². The first-order valence-corrected chi connectivity index (χ1v) is 8.94. The maximum Gasteiger partial charge on any atom is 0.246 e. The van der Waals surface area contributed by atoms with Gasteiger partial charge in [0.2, 0.25) is 11.7 Å². The van der Waals surface area contributed by atoms with Gasteiger partial charge < -0.3 is 14.6 Å². The summed E-state index contributed by atoms with van der Waals surface area (Å²) in [5, 5.41) is 7.65. The summed E-state index contributed by atoms with van der Waals surface area (Å²) < 4.78 is 11.3. The van der Waals surface area contributed by atoms with E-state index >= 15 is 0 Å². The number of benzene rings is 1. The molecule has 3 heterocycles. The number of hydrogen-bond donors (Lipinski definition) is 1. The predicted molar refractivity (Wildman–Crippen MR) is 97.5 cm³/mol. The Bertz CT molecular complexity index is 840. The minimum absolute atomic E-state index is 0.226. The maximum atomic E-state index is 5.79. The van der Waals surface area contributed by atoms with E-state index in [4.69, 9.17) is 9.26 Å². The summed E-state index contributed by atoms with van der Waals surface area (Å²) in [6, 6.07) is 11.6. The number of pyridine rings is 1. The number of aromatic nitrogens is 3. The van der Waals surface area contributed by atoms with Gasteiger partial charge in [0.1, 0.15) is 12.4 Å². The molecule has 26 heavy (non-hydrogen) atoms. The highest BCUT2D eigenvalue weighted by molar-refractivity contribution is 5.55. The first-order valence-electron chi connectivity index (χ1n) is 8.94. The van der Waals surface area contributed by atoms with Crippen molar-refractivity contribution in [2.75, 3.05) is 6.54 Å². The van der Waals surface area contributed by atoms with Crippen LogP contribution in [0.1, 0.15) is 37.6 Å². The van der Waals surface area contributed by atoms with Crippen molar-refractivity contribution in [3.05, 3.63) is 60.2 Å². The largest absolute Gasteiger partial charge is 0.489 e. The molecule has 0 bridgehead atoms. The van der Waals surface area contributed by atoms with Gasteiger partial charge in [-0.15, -0.1) is 0 Å². The molecule has 1 aromatic carbocycles. The van der Waals surface area contributed by atoms with Crippen molar-refractivity contribution in [1.29, 1.82) is 0 Å². The lowest BCUT2D eigenvalue weighted by Gasteiger charge is -2.31. The first kappa shape index (κ1) is 16.7. The zero-order chi connectivity index (χ0) is 17.8. The number of nitrogens with zero attached hydrogens (tertiary/aromatic N) is 3. The molecule has 1 aliphatic rings. The van der Waals surface area contributed by atoms with E-state index < -0.39 is 0 Å². The second-order valence-electron chi connectivity index (χ2n) is 6.81. The van der Waals surface area contributed by atoms with Gasteiger partial charge in [0.05, 0.1) is 5.54 Å². The van der Waals surface area contributed by atoms with Crippen LogP contribution in [0, 0.1) is 0 Å². The third-order valence-corrected chi connectivity index (χ3v) is 4.76. The Kier molecular flexibility index (Phi) is 4.67. The molecule has 1 N–H and O–H groups in total. The molecule has 2 aromatic heterocycles. The summed E-state index contributed by atoms with van der Waals surface area (Å²) in [6.07, 6.45) is 6.92. The van der Waals surface area contributed by atoms with E-state index in [2.05, 4.69) is 27.4 Å². The lowest BCUT2D eigenvalue weighted by atomic mass is 9.91. The Morgan fingerprint density at radius 2 is 2.08 bits per heavy atom. The van der Waals surface area contributed by atoms with Gasteiger partial charge in [0.15, 0.2) is 0 Å². The highest BCUT2D eigenvalue weighted by atomic mass is 16.5. The molecule has 3 aromatic rings. The Labute approximate surface area is 152 Å². The lowest BCUT2D eigenvalue weighted by Crippen LogP contribution is -2.43. The van der Waals surface area contributed by atoms with E-state index in [1.807, 2.05) is 36.4 Å². The molecule has 4 rings (SSSR count). The van der Waals surface area contributed by atoms with Gasteiger partial charge >= 0.3 is 0 Å². The van der Waals surface area contributed by atoms with Crippen molar-refractivity contribution in [2.45, 2.75) is 38.3 Å². The third-order valence-electron chi connectivity index (χ3n) is 4.76. The van der Waals surface area contributed by atoms with Crippen LogP contribution in [0.2, 0.25) is 0 Å². The quantitative estimate of drug-likeness (QED) is 0.756. The van der Waals surface area contributed by atoms with Crippen molar-refractivity contribution in [3.8, 4) is 17.1 Å². The molecule has 0 aliphatic carbocycles. The van der Waals surface area contributed by atoms with Gasteiger partial charge in [-0.05, 0) is 63.1 Å². The Morgan fingerprint density at radius 3 is 2.81 bits per heavy atom. The molecular weight excluding hydrogens is 328 g/mol. The summed E-state index contributed by atoms with van der Waals surface area (Å²) in [7, 11) is 0. The van der Waals surface area contributed by atoms with E-state index in [9.17, 15) is 0 Å². The molecule has 1 fully saturated rings. The monoisotopic (exact) mass is 350 g/mol. The number of nitrogens with one attached hydrogen (secondary N) is 1. The Morgan fingerprint density at radius 1 is 1.19 bits per heavy atom. The second-order valence-corrected chi connectivity index (χ2v) is 6.81. The minimum atomic E-state index is -0.226. The molecule has 0 radical (unpaired) electrons. The fraction of sp³-hybridized carbons (Fsp3) is 0.350. The highest BCUT2D eigenvalue weighted by Gasteiger charge is 2.34. The molecule has 1 saturated heterocycles. The van der Waals surface area contributed by atoms with Crippen LogP contribution in [0.15, 0.2) is 53.3 Å². The van der Waals surface area contributed by atoms with Crippen LogP contribution in [-0.4, -0.2) is 21.7 Å². The molecule has 6 heteroatoms. The SMILES string of the molecule is CC1(c2nc(-c3ccc(OCc4cccnc4)cc3)no2)CCCCN1. The average Bonchev–Trinajstić information content (AvgIpc) is 3.19. The third kappa shape index (κ3) is 3.60. The number of ether oxygens (including phenoxy) is 1.